The van der Waals surface area contributed by atoms with Crippen molar-refractivity contribution >= 4 is 11.9 Å². The fraction of sp³-hybridized carbons (Fsp3) is 0.875. The van der Waals surface area contributed by atoms with Gasteiger partial charge in [-0.25, -0.2) is 0 Å². The van der Waals surface area contributed by atoms with Crippen LogP contribution >= 0.6 is 0 Å². The van der Waals surface area contributed by atoms with E-state index in [0.717, 1.165) is 25.7 Å². The van der Waals surface area contributed by atoms with Gasteiger partial charge in [-0.15, -0.1) is 0 Å². The average Bonchev–Trinajstić information content (AvgIpc) is 2.40. The molecule has 2 saturated carbocycles. The molecule has 0 aromatic rings. The Labute approximate surface area is 122 Å². The summed E-state index contributed by atoms with van der Waals surface area (Å²) in [6, 6.07) is 0. The van der Waals surface area contributed by atoms with Gasteiger partial charge in [0, 0.05) is 5.92 Å². The molecule has 0 aromatic carbocycles. The van der Waals surface area contributed by atoms with Crippen LogP contribution in [0.15, 0.2) is 0 Å². The van der Waals surface area contributed by atoms with Crippen molar-refractivity contribution in [2.45, 2.75) is 65.2 Å². The van der Waals surface area contributed by atoms with Crippen LogP contribution in [0.25, 0.3) is 0 Å². The minimum Gasteiger partial charge on any atom is -0.481 e. The predicted molar refractivity (Wildman–Crippen MR) is 79.1 cm³/mol. The van der Waals surface area contributed by atoms with Crippen LogP contribution in [0, 0.1) is 23.7 Å². The first kappa shape index (κ1) is 17.0. The fourth-order valence-electron chi connectivity index (χ4n) is 3.42. The van der Waals surface area contributed by atoms with Crippen molar-refractivity contribution in [1.29, 1.82) is 0 Å². The van der Waals surface area contributed by atoms with Crippen LogP contribution in [0.3, 0.4) is 0 Å². The van der Waals surface area contributed by atoms with Crippen LogP contribution < -0.4 is 5.73 Å². The summed E-state index contributed by atoms with van der Waals surface area (Å²) in [6.45, 7) is 4.16. The van der Waals surface area contributed by atoms with Crippen molar-refractivity contribution in [2.24, 2.45) is 29.4 Å². The molecule has 4 atom stereocenters. The summed E-state index contributed by atoms with van der Waals surface area (Å²) in [7, 11) is 0. The van der Waals surface area contributed by atoms with Gasteiger partial charge in [0.05, 0.1) is 5.92 Å². The van der Waals surface area contributed by atoms with Crippen LogP contribution in [-0.2, 0) is 9.59 Å². The van der Waals surface area contributed by atoms with Gasteiger partial charge in [0.2, 0.25) is 5.91 Å². The molecule has 0 saturated heterocycles. The van der Waals surface area contributed by atoms with Gasteiger partial charge in [-0.05, 0) is 37.5 Å². The highest BCUT2D eigenvalue weighted by Gasteiger charge is 2.27. The van der Waals surface area contributed by atoms with Crippen molar-refractivity contribution in [3.63, 3.8) is 0 Å². The lowest BCUT2D eigenvalue weighted by molar-refractivity contribution is -0.144. The average molecular weight is 283 g/mol. The normalized spacial score (nSPS) is 33.7. The Morgan fingerprint density at radius 3 is 1.50 bits per heavy atom. The molecular weight excluding hydrogens is 254 g/mol. The Morgan fingerprint density at radius 2 is 1.25 bits per heavy atom. The molecule has 2 fully saturated rings. The van der Waals surface area contributed by atoms with Gasteiger partial charge in [0.25, 0.3) is 0 Å². The molecule has 0 heterocycles. The summed E-state index contributed by atoms with van der Waals surface area (Å²) in [6.07, 6.45) is 8.92. The maximum absolute atomic E-state index is 10.8. The highest BCUT2D eigenvalue weighted by molar-refractivity contribution is 5.76. The molecule has 2 aliphatic rings. The maximum Gasteiger partial charge on any atom is 0.306 e. The first-order valence-electron chi connectivity index (χ1n) is 7.95. The van der Waals surface area contributed by atoms with Crippen LogP contribution in [0.1, 0.15) is 65.2 Å². The quantitative estimate of drug-likeness (QED) is 0.816. The number of aliphatic carboxylic acids is 1. The Bertz CT molecular complexity index is 298. The predicted octanol–water partition coefficient (Wildman–Crippen LogP) is 3.20. The zero-order valence-electron chi connectivity index (χ0n) is 12.8. The SMILES string of the molecule is CC1CCCCC1C(=O)O.CC1CCCCC1C(N)=O. The number of hydrogen-bond donors (Lipinski definition) is 2. The van der Waals surface area contributed by atoms with Crippen molar-refractivity contribution in [1.82, 2.24) is 0 Å². The van der Waals surface area contributed by atoms with E-state index in [9.17, 15) is 9.59 Å². The van der Waals surface area contributed by atoms with Crippen LogP contribution in [0.4, 0.5) is 0 Å². The topological polar surface area (TPSA) is 80.4 Å². The standard InChI is InChI=1S/C8H15NO.C8H14O2/c2*1-6-4-2-3-5-7(6)8(9)10/h6-7H,2-5H2,1H3,(H2,9,10);6-7H,2-5H2,1H3,(H,9,10). The van der Waals surface area contributed by atoms with Gasteiger partial charge in [-0.3, -0.25) is 9.59 Å². The smallest absolute Gasteiger partial charge is 0.306 e. The van der Waals surface area contributed by atoms with Gasteiger partial charge < -0.3 is 10.8 Å². The highest BCUT2D eigenvalue weighted by atomic mass is 16.4. The molecule has 0 aliphatic heterocycles. The van der Waals surface area contributed by atoms with Crippen molar-refractivity contribution in [3.8, 4) is 0 Å². The molecule has 1 amide bonds. The van der Waals surface area contributed by atoms with E-state index < -0.39 is 5.97 Å². The maximum atomic E-state index is 10.8. The number of nitrogens with two attached hydrogens (primary N) is 1. The van der Waals surface area contributed by atoms with E-state index in [1.165, 1.54) is 25.7 Å². The molecule has 0 spiro atoms. The lowest BCUT2D eigenvalue weighted by Crippen LogP contribution is -2.30. The first-order chi connectivity index (χ1) is 9.43. The van der Waals surface area contributed by atoms with Gasteiger partial charge in [-0.1, -0.05) is 39.5 Å². The minimum atomic E-state index is -0.604. The number of rotatable bonds is 2. The number of primary amides is 1. The van der Waals surface area contributed by atoms with E-state index in [2.05, 4.69) is 6.92 Å². The van der Waals surface area contributed by atoms with Crippen molar-refractivity contribution < 1.29 is 14.7 Å². The van der Waals surface area contributed by atoms with Crippen LogP contribution in [0.5, 0.6) is 0 Å². The van der Waals surface area contributed by atoms with Gasteiger partial charge in [0.15, 0.2) is 0 Å². The first-order valence-corrected chi connectivity index (χ1v) is 7.95. The zero-order chi connectivity index (χ0) is 15.1. The molecule has 116 valence electrons. The molecule has 4 nitrogen and oxygen atoms in total. The molecular formula is C16H29NO3. The molecule has 0 radical (unpaired) electrons. The van der Waals surface area contributed by atoms with Crippen LogP contribution in [0.2, 0.25) is 0 Å². The summed E-state index contributed by atoms with van der Waals surface area (Å²) < 4.78 is 0. The summed E-state index contributed by atoms with van der Waals surface area (Å²) >= 11 is 0. The lowest BCUT2D eigenvalue weighted by Gasteiger charge is -2.25. The second kappa shape index (κ2) is 8.28. The highest BCUT2D eigenvalue weighted by Crippen LogP contribution is 2.29. The summed E-state index contributed by atoms with van der Waals surface area (Å²) in [4.78, 5) is 21.4. The van der Waals surface area contributed by atoms with E-state index in [-0.39, 0.29) is 17.7 Å². The van der Waals surface area contributed by atoms with E-state index in [1.807, 2.05) is 6.92 Å². The third-order valence-electron chi connectivity index (χ3n) is 4.91. The largest absolute Gasteiger partial charge is 0.481 e. The van der Waals surface area contributed by atoms with Crippen molar-refractivity contribution in [2.75, 3.05) is 0 Å². The molecule has 3 N–H and O–H groups in total. The summed E-state index contributed by atoms with van der Waals surface area (Å²) in [5.74, 6) is 0.305. The molecule has 2 aliphatic carbocycles. The Kier molecular flexibility index (Phi) is 7.03. The number of carbonyl (C=O) groups is 2. The van der Waals surface area contributed by atoms with Crippen molar-refractivity contribution in [3.05, 3.63) is 0 Å². The number of hydrogen-bond acceptors (Lipinski definition) is 2. The number of carboxylic acids is 1. The zero-order valence-corrected chi connectivity index (χ0v) is 12.8. The molecule has 0 bridgehead atoms. The van der Waals surface area contributed by atoms with E-state index in [4.69, 9.17) is 10.8 Å². The van der Waals surface area contributed by atoms with Gasteiger partial charge >= 0.3 is 5.97 Å². The molecule has 2 rings (SSSR count). The fourth-order valence-corrected chi connectivity index (χ4v) is 3.42. The van der Waals surface area contributed by atoms with E-state index in [1.54, 1.807) is 0 Å². The second-order valence-corrected chi connectivity index (χ2v) is 6.48. The summed E-state index contributed by atoms with van der Waals surface area (Å²) in [5.41, 5.74) is 5.22. The third kappa shape index (κ3) is 5.14. The summed E-state index contributed by atoms with van der Waals surface area (Å²) in [5, 5.41) is 8.71. The van der Waals surface area contributed by atoms with E-state index in [0.29, 0.717) is 11.8 Å². The molecule has 4 heteroatoms. The van der Waals surface area contributed by atoms with Gasteiger partial charge in [-0.2, -0.15) is 0 Å². The monoisotopic (exact) mass is 283 g/mol. The molecule has 20 heavy (non-hydrogen) atoms. The number of amides is 1. The lowest BCUT2D eigenvalue weighted by atomic mass is 9.80. The van der Waals surface area contributed by atoms with Crippen LogP contribution in [-0.4, -0.2) is 17.0 Å². The third-order valence-corrected chi connectivity index (χ3v) is 4.91. The number of carbonyl (C=O) groups excluding carboxylic acids is 1. The Balaban J connectivity index is 0.000000200. The Morgan fingerprint density at radius 1 is 0.850 bits per heavy atom. The minimum absolute atomic E-state index is 0.0613. The Hall–Kier alpha value is -1.06. The molecule has 4 unspecified atom stereocenters. The van der Waals surface area contributed by atoms with Gasteiger partial charge in [0.1, 0.15) is 0 Å². The number of carboxylic acid groups (broad SMARTS) is 1. The second-order valence-electron chi connectivity index (χ2n) is 6.48. The molecule has 0 aromatic heterocycles. The van der Waals surface area contributed by atoms with E-state index >= 15 is 0 Å².